The fourth-order valence-corrected chi connectivity index (χ4v) is 2.60. The fraction of sp³-hybridized carbons (Fsp3) is 0.562. The summed E-state index contributed by atoms with van der Waals surface area (Å²) in [7, 11) is 0. The molecule has 26 heavy (non-hydrogen) atoms. The van der Waals surface area contributed by atoms with E-state index in [2.05, 4.69) is 0 Å². The number of hydrogen-bond acceptors (Lipinski definition) is 5. The van der Waals surface area contributed by atoms with Crippen molar-refractivity contribution in [1.82, 2.24) is 4.90 Å². The van der Waals surface area contributed by atoms with Crippen LogP contribution >= 0.6 is 0 Å². The second-order valence-corrected chi connectivity index (χ2v) is 6.91. The lowest BCUT2D eigenvalue weighted by Crippen LogP contribution is -2.50. The Labute approximate surface area is 148 Å². The molecule has 0 atom stereocenters. The number of carbonyl (C=O) groups is 1. The highest BCUT2D eigenvalue weighted by Gasteiger charge is 2.37. The smallest absolute Gasteiger partial charge is 0.418 e. The highest BCUT2D eigenvalue weighted by Crippen LogP contribution is 2.39. The van der Waals surface area contributed by atoms with Crippen molar-refractivity contribution >= 4 is 17.5 Å². The van der Waals surface area contributed by atoms with E-state index in [-0.39, 0.29) is 31.9 Å². The summed E-state index contributed by atoms with van der Waals surface area (Å²) in [6.07, 6.45) is -5.24. The van der Waals surface area contributed by atoms with Gasteiger partial charge in [-0.3, -0.25) is 10.1 Å². The van der Waals surface area contributed by atoms with Crippen molar-refractivity contribution in [2.75, 3.05) is 31.1 Å². The molecule has 144 valence electrons. The second kappa shape index (κ2) is 7.00. The molecule has 0 N–H and O–H groups in total. The molecule has 1 amide bonds. The van der Waals surface area contributed by atoms with Gasteiger partial charge in [0.2, 0.25) is 0 Å². The lowest BCUT2D eigenvalue weighted by molar-refractivity contribution is -0.385. The molecule has 10 heteroatoms. The largest absolute Gasteiger partial charge is 0.444 e. The van der Waals surface area contributed by atoms with Gasteiger partial charge in [0.1, 0.15) is 5.60 Å². The first-order valence-corrected chi connectivity index (χ1v) is 7.97. The van der Waals surface area contributed by atoms with Crippen LogP contribution in [0.3, 0.4) is 0 Å². The molecule has 0 bridgehead atoms. The summed E-state index contributed by atoms with van der Waals surface area (Å²) in [6.45, 7) is 5.92. The molecule has 1 saturated heterocycles. The topological polar surface area (TPSA) is 75.9 Å². The van der Waals surface area contributed by atoms with Crippen LogP contribution in [0.1, 0.15) is 26.3 Å². The van der Waals surface area contributed by atoms with Gasteiger partial charge in [-0.05, 0) is 26.8 Å². The predicted molar refractivity (Wildman–Crippen MR) is 88.1 cm³/mol. The number of non-ortho nitro benzene ring substituents is 1. The third kappa shape index (κ3) is 4.77. The maximum Gasteiger partial charge on any atom is 0.418 e. The Morgan fingerprint density at radius 3 is 2.19 bits per heavy atom. The van der Waals surface area contributed by atoms with E-state index < -0.39 is 34.0 Å². The molecule has 0 spiro atoms. The summed E-state index contributed by atoms with van der Waals surface area (Å²) >= 11 is 0. The number of ether oxygens (including phenoxy) is 1. The standard InChI is InChI=1S/C16H20F3N3O4/c1-15(2,3)26-14(23)21-8-6-20(7-9-21)13-5-4-11(22(24)25)10-12(13)16(17,18)19/h4-5,10H,6-9H2,1-3H3. The number of alkyl halides is 3. The molecule has 0 radical (unpaired) electrons. The average molecular weight is 375 g/mol. The number of nitrogens with zero attached hydrogens (tertiary/aromatic N) is 3. The van der Waals surface area contributed by atoms with E-state index in [4.69, 9.17) is 4.74 Å². The zero-order valence-corrected chi connectivity index (χ0v) is 14.7. The number of amides is 1. The van der Waals surface area contributed by atoms with Crippen LogP contribution in [0, 0.1) is 10.1 Å². The molecular formula is C16H20F3N3O4. The lowest BCUT2D eigenvalue weighted by Gasteiger charge is -2.37. The lowest BCUT2D eigenvalue weighted by atomic mass is 10.1. The SMILES string of the molecule is CC(C)(C)OC(=O)N1CCN(c2ccc([N+](=O)[O-])cc2C(F)(F)F)CC1. The van der Waals surface area contributed by atoms with Crippen molar-refractivity contribution in [3.8, 4) is 0 Å². The molecule has 1 aromatic carbocycles. The Kier molecular flexibility index (Phi) is 5.33. The maximum atomic E-state index is 13.3. The van der Waals surface area contributed by atoms with Gasteiger partial charge in [-0.2, -0.15) is 13.2 Å². The third-order valence-corrected chi connectivity index (χ3v) is 3.77. The number of anilines is 1. The summed E-state index contributed by atoms with van der Waals surface area (Å²) in [5.74, 6) is 0. The van der Waals surface area contributed by atoms with Crippen molar-refractivity contribution in [2.45, 2.75) is 32.5 Å². The van der Waals surface area contributed by atoms with E-state index in [0.717, 1.165) is 12.1 Å². The van der Waals surface area contributed by atoms with E-state index in [1.165, 1.54) is 9.80 Å². The molecule has 2 rings (SSSR count). The number of halogens is 3. The van der Waals surface area contributed by atoms with Gasteiger partial charge in [-0.1, -0.05) is 0 Å². The number of piperazine rings is 1. The van der Waals surface area contributed by atoms with Crippen LogP contribution in [0.5, 0.6) is 0 Å². The van der Waals surface area contributed by atoms with Gasteiger partial charge in [-0.25, -0.2) is 4.79 Å². The van der Waals surface area contributed by atoms with E-state index in [9.17, 15) is 28.1 Å². The summed E-state index contributed by atoms with van der Waals surface area (Å²) in [5.41, 5.74) is -2.46. The zero-order chi connectivity index (χ0) is 19.7. The molecule has 1 aliphatic heterocycles. The number of nitro groups is 1. The van der Waals surface area contributed by atoms with Crippen LogP contribution < -0.4 is 4.90 Å². The van der Waals surface area contributed by atoms with E-state index in [1.54, 1.807) is 20.8 Å². The maximum absolute atomic E-state index is 13.3. The first-order valence-electron chi connectivity index (χ1n) is 7.97. The van der Waals surface area contributed by atoms with E-state index in [1.807, 2.05) is 0 Å². The van der Waals surface area contributed by atoms with Crippen LogP contribution in [0.2, 0.25) is 0 Å². The Balaban J connectivity index is 2.16. The fourth-order valence-electron chi connectivity index (χ4n) is 2.60. The first-order chi connectivity index (χ1) is 11.9. The van der Waals surface area contributed by atoms with Crippen LogP contribution in [0.4, 0.5) is 29.3 Å². The number of nitro benzene ring substituents is 1. The van der Waals surface area contributed by atoms with Crippen LogP contribution in [-0.2, 0) is 10.9 Å². The molecule has 1 heterocycles. The molecule has 1 aromatic rings. The molecule has 0 aromatic heterocycles. The first kappa shape index (κ1) is 19.8. The molecule has 0 unspecified atom stereocenters. The Bertz CT molecular complexity index is 693. The van der Waals surface area contributed by atoms with Crippen molar-refractivity contribution < 1.29 is 27.6 Å². The summed E-state index contributed by atoms with van der Waals surface area (Å²) in [4.78, 5) is 24.8. The number of benzene rings is 1. The van der Waals surface area contributed by atoms with E-state index >= 15 is 0 Å². The minimum Gasteiger partial charge on any atom is -0.444 e. The zero-order valence-electron chi connectivity index (χ0n) is 14.7. The Morgan fingerprint density at radius 1 is 1.15 bits per heavy atom. The number of rotatable bonds is 2. The Hall–Kier alpha value is -2.52. The minimum absolute atomic E-state index is 0.132. The summed E-state index contributed by atoms with van der Waals surface area (Å²) in [6, 6.07) is 2.69. The molecular weight excluding hydrogens is 355 g/mol. The number of carbonyl (C=O) groups excluding carboxylic acids is 1. The average Bonchev–Trinajstić information content (AvgIpc) is 2.52. The van der Waals surface area contributed by atoms with E-state index in [0.29, 0.717) is 6.07 Å². The normalized spacial score (nSPS) is 15.8. The van der Waals surface area contributed by atoms with Crippen molar-refractivity contribution in [1.29, 1.82) is 0 Å². The van der Waals surface area contributed by atoms with Gasteiger partial charge in [0, 0.05) is 44.0 Å². The van der Waals surface area contributed by atoms with Crippen LogP contribution in [-0.4, -0.2) is 47.7 Å². The highest BCUT2D eigenvalue weighted by molar-refractivity contribution is 5.69. The third-order valence-electron chi connectivity index (χ3n) is 3.77. The van der Waals surface area contributed by atoms with Crippen molar-refractivity contribution in [3.63, 3.8) is 0 Å². The van der Waals surface area contributed by atoms with Gasteiger partial charge in [0.05, 0.1) is 10.5 Å². The van der Waals surface area contributed by atoms with Crippen LogP contribution in [0.25, 0.3) is 0 Å². The molecule has 1 aliphatic rings. The van der Waals surface area contributed by atoms with Gasteiger partial charge in [0.25, 0.3) is 5.69 Å². The molecule has 0 aliphatic carbocycles. The van der Waals surface area contributed by atoms with Crippen LogP contribution in [0.15, 0.2) is 18.2 Å². The number of hydrogen-bond donors (Lipinski definition) is 0. The minimum atomic E-state index is -4.72. The van der Waals surface area contributed by atoms with Gasteiger partial charge in [0.15, 0.2) is 0 Å². The van der Waals surface area contributed by atoms with Gasteiger partial charge >= 0.3 is 12.3 Å². The Morgan fingerprint density at radius 2 is 1.73 bits per heavy atom. The van der Waals surface area contributed by atoms with Crippen molar-refractivity contribution in [3.05, 3.63) is 33.9 Å². The molecule has 0 saturated carbocycles. The molecule has 7 nitrogen and oxygen atoms in total. The summed E-state index contributed by atoms with van der Waals surface area (Å²) in [5, 5.41) is 10.8. The second-order valence-electron chi connectivity index (χ2n) is 6.91. The predicted octanol–water partition coefficient (Wildman–Crippen LogP) is 3.67. The highest BCUT2D eigenvalue weighted by atomic mass is 19.4. The summed E-state index contributed by atoms with van der Waals surface area (Å²) < 4.78 is 45.2. The molecule has 1 fully saturated rings. The van der Waals surface area contributed by atoms with Gasteiger partial charge in [-0.15, -0.1) is 0 Å². The quantitative estimate of drug-likeness (QED) is 0.582. The monoisotopic (exact) mass is 375 g/mol. The van der Waals surface area contributed by atoms with Crippen molar-refractivity contribution in [2.24, 2.45) is 0 Å². The van der Waals surface area contributed by atoms with Gasteiger partial charge < -0.3 is 14.5 Å².